The SMILES string of the molecule is C=C/C=C(\C=C/CN(c1ccc(C)cc1)c1ccc(C)cc1)/C=C/C1=CC=C(N(/C=C(/C2=CCCC=C2)c2ccccc2)c2ccc(C)cc2)C#CC1. The summed E-state index contributed by atoms with van der Waals surface area (Å²) in [5.41, 5.74) is 13.9. The average Bonchev–Trinajstić information content (AvgIpc) is 3.44. The second-order valence-electron chi connectivity index (χ2n) is 13.4. The Morgan fingerprint density at radius 2 is 1.38 bits per heavy atom. The highest BCUT2D eigenvalue weighted by Crippen LogP contribution is 2.32. The molecule has 0 heterocycles. The van der Waals surface area contributed by atoms with Crippen LogP contribution in [0.1, 0.15) is 41.5 Å². The van der Waals surface area contributed by atoms with Crippen LogP contribution in [0.4, 0.5) is 17.1 Å². The van der Waals surface area contributed by atoms with Gasteiger partial charge in [-0.2, -0.15) is 0 Å². The number of hydrogen-bond acceptors (Lipinski definition) is 2. The molecule has 6 rings (SSSR count). The maximum absolute atomic E-state index is 3.99. The van der Waals surface area contributed by atoms with E-state index in [9.17, 15) is 0 Å². The first-order valence-electron chi connectivity index (χ1n) is 18.4. The predicted octanol–water partition coefficient (Wildman–Crippen LogP) is 13.0. The molecule has 53 heavy (non-hydrogen) atoms. The molecule has 0 saturated heterocycles. The minimum absolute atomic E-state index is 0.654. The number of hydrogen-bond donors (Lipinski definition) is 0. The Kier molecular flexibility index (Phi) is 12.6. The molecule has 0 radical (unpaired) electrons. The largest absolute Gasteiger partial charge is 0.338 e. The third-order valence-corrected chi connectivity index (χ3v) is 9.27. The summed E-state index contributed by atoms with van der Waals surface area (Å²) >= 11 is 0. The summed E-state index contributed by atoms with van der Waals surface area (Å²) in [6.07, 6.45) is 28.8. The molecule has 0 spiro atoms. The lowest BCUT2D eigenvalue weighted by atomic mass is 9.94. The topological polar surface area (TPSA) is 6.48 Å². The number of rotatable bonds is 13. The van der Waals surface area contributed by atoms with Crippen molar-refractivity contribution in [2.24, 2.45) is 0 Å². The summed E-state index contributed by atoms with van der Waals surface area (Å²) in [6.45, 7) is 11.1. The Morgan fingerprint density at radius 3 is 1.98 bits per heavy atom. The molecule has 4 aromatic rings. The molecule has 4 aromatic carbocycles. The van der Waals surface area contributed by atoms with Gasteiger partial charge < -0.3 is 9.80 Å². The van der Waals surface area contributed by atoms with Gasteiger partial charge in [0.2, 0.25) is 0 Å². The molecule has 0 saturated carbocycles. The van der Waals surface area contributed by atoms with Crippen molar-refractivity contribution < 1.29 is 0 Å². The molecule has 0 aromatic heterocycles. The van der Waals surface area contributed by atoms with E-state index in [1.165, 1.54) is 33.4 Å². The van der Waals surface area contributed by atoms with Gasteiger partial charge in [-0.25, -0.2) is 0 Å². The molecule has 0 fully saturated rings. The van der Waals surface area contributed by atoms with Gasteiger partial charge in [0, 0.05) is 41.8 Å². The maximum atomic E-state index is 3.99. The van der Waals surface area contributed by atoms with Crippen LogP contribution >= 0.6 is 0 Å². The van der Waals surface area contributed by atoms with E-state index in [0.717, 1.165) is 53.3 Å². The van der Waals surface area contributed by atoms with E-state index in [1.54, 1.807) is 0 Å². The average molecular weight is 689 g/mol. The highest BCUT2D eigenvalue weighted by Gasteiger charge is 2.15. The molecule has 0 aliphatic heterocycles. The molecule has 2 aliphatic carbocycles. The third-order valence-electron chi connectivity index (χ3n) is 9.27. The van der Waals surface area contributed by atoms with Crippen molar-refractivity contribution in [3.05, 3.63) is 227 Å². The number of benzene rings is 4. The van der Waals surface area contributed by atoms with E-state index in [2.05, 4.69) is 213 Å². The van der Waals surface area contributed by atoms with Crippen LogP contribution in [0.3, 0.4) is 0 Å². The molecule has 262 valence electrons. The van der Waals surface area contributed by atoms with Crippen LogP contribution in [0.2, 0.25) is 0 Å². The zero-order valence-electron chi connectivity index (χ0n) is 31.2. The van der Waals surface area contributed by atoms with E-state index in [1.807, 2.05) is 12.2 Å². The Balaban J connectivity index is 1.27. The number of nitrogens with zero attached hydrogens (tertiary/aromatic N) is 2. The normalized spacial score (nSPS) is 14.6. The molecule has 0 N–H and O–H groups in total. The van der Waals surface area contributed by atoms with Crippen LogP contribution in [0, 0.1) is 32.6 Å². The van der Waals surface area contributed by atoms with Crippen LogP contribution in [-0.2, 0) is 0 Å². The van der Waals surface area contributed by atoms with E-state index >= 15 is 0 Å². The van der Waals surface area contributed by atoms with Gasteiger partial charge in [0.15, 0.2) is 0 Å². The lowest BCUT2D eigenvalue weighted by Gasteiger charge is -2.24. The van der Waals surface area contributed by atoms with E-state index in [-0.39, 0.29) is 0 Å². The van der Waals surface area contributed by atoms with Gasteiger partial charge in [0.1, 0.15) is 0 Å². The van der Waals surface area contributed by atoms with Gasteiger partial charge in [-0.1, -0.05) is 157 Å². The number of anilines is 3. The van der Waals surface area contributed by atoms with Crippen molar-refractivity contribution in [1.29, 1.82) is 0 Å². The fourth-order valence-electron chi connectivity index (χ4n) is 6.25. The van der Waals surface area contributed by atoms with Crippen molar-refractivity contribution in [3.63, 3.8) is 0 Å². The molecule has 0 bridgehead atoms. The number of aryl methyl sites for hydroxylation is 3. The van der Waals surface area contributed by atoms with Crippen molar-refractivity contribution in [1.82, 2.24) is 0 Å². The standard InChI is InChI=1S/C51H48N2/c1-5-14-43(16-13-38-52(48-31-22-40(2)23-32-48)49-33-24-41(3)25-34-49)28-29-44-15-12-21-47(37-30-44)53(50-35-26-42(4)27-36-50)39-51(45-17-8-6-9-18-45)46-19-10-7-11-20-46/h5-6,8-10,13-14,16-20,22-37,39H,1,7,11,15,38H2,2-4H3/b16-13-,29-28+,43-14+,51-39+. The zero-order chi connectivity index (χ0) is 36.8. The van der Waals surface area contributed by atoms with E-state index < -0.39 is 0 Å². The predicted molar refractivity (Wildman–Crippen MR) is 229 cm³/mol. The quantitative estimate of drug-likeness (QED) is 0.102. The Morgan fingerprint density at radius 1 is 0.736 bits per heavy atom. The van der Waals surface area contributed by atoms with Crippen LogP contribution in [0.15, 0.2) is 205 Å². The van der Waals surface area contributed by atoms with Gasteiger partial charge in [-0.15, -0.1) is 0 Å². The highest BCUT2D eigenvalue weighted by atomic mass is 15.1. The molecule has 0 atom stereocenters. The van der Waals surface area contributed by atoms with Crippen molar-refractivity contribution in [2.75, 3.05) is 16.3 Å². The monoisotopic (exact) mass is 688 g/mol. The fourth-order valence-corrected chi connectivity index (χ4v) is 6.25. The molecule has 0 unspecified atom stereocenters. The Labute approximate surface area is 317 Å². The van der Waals surface area contributed by atoms with E-state index in [4.69, 9.17) is 0 Å². The Hall–Kier alpha value is -6.30. The van der Waals surface area contributed by atoms with Gasteiger partial charge in [-0.3, -0.25) is 0 Å². The van der Waals surface area contributed by atoms with Gasteiger partial charge in [0.05, 0.1) is 5.70 Å². The molecular weight excluding hydrogens is 641 g/mol. The summed E-state index contributed by atoms with van der Waals surface area (Å²) in [6, 6.07) is 36.7. The molecular formula is C51H48N2. The highest BCUT2D eigenvalue weighted by molar-refractivity contribution is 5.85. The maximum Gasteiger partial charge on any atom is 0.0965 e. The van der Waals surface area contributed by atoms with Crippen molar-refractivity contribution >= 4 is 22.6 Å². The first-order chi connectivity index (χ1) is 26.0. The first kappa shape index (κ1) is 36.5. The minimum Gasteiger partial charge on any atom is -0.338 e. The fraction of sp³-hybridized carbons (Fsp3) is 0.137. The van der Waals surface area contributed by atoms with Crippen LogP contribution in [-0.4, -0.2) is 6.54 Å². The third kappa shape index (κ3) is 10.2. The smallest absolute Gasteiger partial charge is 0.0965 e. The molecule has 2 aliphatic rings. The first-order valence-corrected chi connectivity index (χ1v) is 18.4. The summed E-state index contributed by atoms with van der Waals surface area (Å²) in [5, 5.41) is 0. The summed E-state index contributed by atoms with van der Waals surface area (Å²) in [4.78, 5) is 4.57. The summed E-state index contributed by atoms with van der Waals surface area (Å²) in [5.74, 6) is 6.96. The van der Waals surface area contributed by atoms with Gasteiger partial charge in [-0.05, 0) is 104 Å². The second kappa shape index (κ2) is 18.3. The zero-order valence-corrected chi connectivity index (χ0v) is 31.2. The summed E-state index contributed by atoms with van der Waals surface area (Å²) < 4.78 is 0. The lowest BCUT2D eigenvalue weighted by Crippen LogP contribution is -2.16. The summed E-state index contributed by atoms with van der Waals surface area (Å²) in [7, 11) is 0. The van der Waals surface area contributed by atoms with Gasteiger partial charge in [0.25, 0.3) is 0 Å². The minimum atomic E-state index is 0.654. The van der Waals surface area contributed by atoms with Crippen LogP contribution in [0.25, 0.3) is 5.57 Å². The second-order valence-corrected chi connectivity index (χ2v) is 13.4. The van der Waals surface area contributed by atoms with Gasteiger partial charge >= 0.3 is 0 Å². The van der Waals surface area contributed by atoms with Crippen molar-refractivity contribution in [3.8, 4) is 11.8 Å². The molecule has 2 nitrogen and oxygen atoms in total. The number of allylic oxidation sites excluding steroid dienone is 15. The molecule has 0 amide bonds. The van der Waals surface area contributed by atoms with E-state index in [0.29, 0.717) is 6.42 Å². The lowest BCUT2D eigenvalue weighted by molar-refractivity contribution is 1.03. The Bertz CT molecular complexity index is 2140. The van der Waals surface area contributed by atoms with Crippen LogP contribution < -0.4 is 9.80 Å². The van der Waals surface area contributed by atoms with Crippen LogP contribution in [0.5, 0.6) is 0 Å². The molecule has 2 heteroatoms. The van der Waals surface area contributed by atoms with Crippen molar-refractivity contribution in [2.45, 2.75) is 40.0 Å².